The molecule has 3 aromatic rings. The molecule has 9 heteroatoms. The number of carbonyl (C=O) groups is 2. The van der Waals surface area contributed by atoms with Gasteiger partial charge in [-0.1, -0.05) is 26.8 Å². The standard InChI is InChI=1S/C21H23N5O4/c1-21(2,3)16-12-17(26(25-16)20-22-9-6-10-23-20)24-19(28)14-7-5-8-15(11-14)30-13-18(27)29-4/h5-12H,13H2,1-4H3,(H,24,28). The summed E-state index contributed by atoms with van der Waals surface area (Å²) in [6, 6.07) is 10.0. The summed E-state index contributed by atoms with van der Waals surface area (Å²) in [6.45, 7) is 5.84. The number of esters is 1. The molecule has 0 bridgehead atoms. The van der Waals surface area contributed by atoms with E-state index in [0.717, 1.165) is 5.69 Å². The Morgan fingerprint density at radius 2 is 1.83 bits per heavy atom. The number of anilines is 1. The van der Waals surface area contributed by atoms with E-state index < -0.39 is 5.97 Å². The lowest BCUT2D eigenvalue weighted by Gasteiger charge is -2.13. The molecule has 156 valence electrons. The number of benzene rings is 1. The summed E-state index contributed by atoms with van der Waals surface area (Å²) in [4.78, 5) is 32.6. The zero-order valence-corrected chi connectivity index (χ0v) is 17.2. The van der Waals surface area contributed by atoms with Gasteiger partial charge in [0.25, 0.3) is 11.9 Å². The maximum absolute atomic E-state index is 12.9. The number of hydrogen-bond donors (Lipinski definition) is 1. The molecule has 3 rings (SSSR count). The van der Waals surface area contributed by atoms with Gasteiger partial charge in [0.1, 0.15) is 11.6 Å². The van der Waals surface area contributed by atoms with Gasteiger partial charge in [0.05, 0.1) is 12.8 Å². The third-order valence-corrected chi connectivity index (χ3v) is 4.14. The molecule has 1 N–H and O–H groups in total. The maximum Gasteiger partial charge on any atom is 0.343 e. The summed E-state index contributed by atoms with van der Waals surface area (Å²) >= 11 is 0. The van der Waals surface area contributed by atoms with Gasteiger partial charge in [-0.25, -0.2) is 14.8 Å². The van der Waals surface area contributed by atoms with Gasteiger partial charge in [-0.05, 0) is 24.3 Å². The van der Waals surface area contributed by atoms with Gasteiger partial charge in [-0.3, -0.25) is 4.79 Å². The number of amides is 1. The molecule has 0 unspecified atom stereocenters. The van der Waals surface area contributed by atoms with Crippen LogP contribution in [0.1, 0.15) is 36.8 Å². The number of carbonyl (C=O) groups excluding carboxylic acids is 2. The molecule has 0 aliphatic rings. The van der Waals surface area contributed by atoms with E-state index in [9.17, 15) is 9.59 Å². The first-order valence-corrected chi connectivity index (χ1v) is 9.27. The smallest absolute Gasteiger partial charge is 0.343 e. The van der Waals surface area contributed by atoms with Crippen LogP contribution in [0.2, 0.25) is 0 Å². The predicted octanol–water partition coefficient (Wildman–Crippen LogP) is 2.76. The SMILES string of the molecule is COC(=O)COc1cccc(C(=O)Nc2cc(C(C)(C)C)nn2-c2ncccn2)c1. The largest absolute Gasteiger partial charge is 0.482 e. The van der Waals surface area contributed by atoms with Crippen molar-refractivity contribution in [2.45, 2.75) is 26.2 Å². The second-order valence-corrected chi connectivity index (χ2v) is 7.47. The van der Waals surface area contributed by atoms with Crippen LogP contribution in [-0.2, 0) is 14.9 Å². The Morgan fingerprint density at radius 3 is 2.50 bits per heavy atom. The van der Waals surface area contributed by atoms with Crippen LogP contribution in [0.25, 0.3) is 5.95 Å². The number of aromatic nitrogens is 4. The van der Waals surface area contributed by atoms with Crippen molar-refractivity contribution >= 4 is 17.7 Å². The Labute approximate surface area is 174 Å². The van der Waals surface area contributed by atoms with Crippen molar-refractivity contribution in [3.05, 3.63) is 60.0 Å². The molecule has 0 saturated carbocycles. The van der Waals surface area contributed by atoms with E-state index in [0.29, 0.717) is 23.1 Å². The average molecular weight is 409 g/mol. The lowest BCUT2D eigenvalue weighted by Crippen LogP contribution is -2.17. The van der Waals surface area contributed by atoms with Crippen molar-refractivity contribution in [2.24, 2.45) is 0 Å². The minimum absolute atomic E-state index is 0.235. The Morgan fingerprint density at radius 1 is 1.10 bits per heavy atom. The van der Waals surface area contributed by atoms with Crippen LogP contribution in [0, 0.1) is 0 Å². The highest BCUT2D eigenvalue weighted by molar-refractivity contribution is 6.04. The van der Waals surface area contributed by atoms with Gasteiger partial charge >= 0.3 is 5.97 Å². The summed E-state index contributed by atoms with van der Waals surface area (Å²) < 4.78 is 11.4. The van der Waals surface area contributed by atoms with Crippen molar-refractivity contribution in [3.63, 3.8) is 0 Å². The third kappa shape index (κ3) is 4.99. The third-order valence-electron chi connectivity index (χ3n) is 4.14. The topological polar surface area (TPSA) is 108 Å². The number of methoxy groups -OCH3 is 1. The molecule has 0 atom stereocenters. The highest BCUT2D eigenvalue weighted by atomic mass is 16.6. The second kappa shape index (κ2) is 8.73. The van der Waals surface area contributed by atoms with E-state index in [1.807, 2.05) is 20.8 Å². The van der Waals surface area contributed by atoms with Gasteiger partial charge < -0.3 is 14.8 Å². The van der Waals surface area contributed by atoms with Crippen LogP contribution >= 0.6 is 0 Å². The average Bonchev–Trinajstić information content (AvgIpc) is 3.17. The first kappa shape index (κ1) is 21.0. The highest BCUT2D eigenvalue weighted by Crippen LogP contribution is 2.26. The van der Waals surface area contributed by atoms with Gasteiger partial charge in [0.15, 0.2) is 6.61 Å². The first-order chi connectivity index (χ1) is 14.3. The number of ether oxygens (including phenoxy) is 2. The van der Waals surface area contributed by atoms with E-state index >= 15 is 0 Å². The molecular formula is C21H23N5O4. The number of rotatable bonds is 6. The van der Waals surface area contributed by atoms with Crippen molar-refractivity contribution < 1.29 is 19.1 Å². The van der Waals surface area contributed by atoms with Crippen molar-refractivity contribution in [1.29, 1.82) is 0 Å². The lowest BCUT2D eigenvalue weighted by atomic mass is 9.92. The summed E-state index contributed by atoms with van der Waals surface area (Å²) in [7, 11) is 1.28. The van der Waals surface area contributed by atoms with E-state index in [4.69, 9.17) is 4.74 Å². The zero-order valence-electron chi connectivity index (χ0n) is 17.2. The normalized spacial score (nSPS) is 11.1. The zero-order chi connectivity index (χ0) is 21.7. The van der Waals surface area contributed by atoms with Gasteiger partial charge in [0, 0.05) is 29.4 Å². The van der Waals surface area contributed by atoms with Crippen molar-refractivity contribution in [2.75, 3.05) is 19.0 Å². The molecule has 1 amide bonds. The molecule has 0 saturated heterocycles. The lowest BCUT2D eigenvalue weighted by molar-refractivity contribution is -0.142. The molecule has 9 nitrogen and oxygen atoms in total. The molecule has 0 fully saturated rings. The van der Waals surface area contributed by atoms with E-state index in [1.165, 1.54) is 11.8 Å². The molecule has 2 aromatic heterocycles. The molecular weight excluding hydrogens is 386 g/mol. The predicted molar refractivity (Wildman–Crippen MR) is 110 cm³/mol. The Kier molecular flexibility index (Phi) is 6.10. The van der Waals surface area contributed by atoms with E-state index in [2.05, 4.69) is 25.1 Å². The molecule has 2 heterocycles. The highest BCUT2D eigenvalue weighted by Gasteiger charge is 2.22. The fourth-order valence-corrected chi connectivity index (χ4v) is 2.51. The van der Waals surface area contributed by atoms with Crippen molar-refractivity contribution in [1.82, 2.24) is 19.7 Å². The van der Waals surface area contributed by atoms with Crippen LogP contribution in [-0.4, -0.2) is 45.3 Å². The van der Waals surface area contributed by atoms with Crippen LogP contribution < -0.4 is 10.1 Å². The quantitative estimate of drug-likeness (QED) is 0.624. The summed E-state index contributed by atoms with van der Waals surface area (Å²) in [5.74, 6) is 0.293. The Balaban J connectivity index is 1.86. The minimum Gasteiger partial charge on any atom is -0.482 e. The first-order valence-electron chi connectivity index (χ1n) is 9.27. The van der Waals surface area contributed by atoms with Crippen LogP contribution in [0.3, 0.4) is 0 Å². The van der Waals surface area contributed by atoms with Gasteiger partial charge in [-0.2, -0.15) is 9.78 Å². The Hall–Kier alpha value is -3.75. The fraction of sp³-hybridized carbons (Fsp3) is 0.286. The summed E-state index contributed by atoms with van der Waals surface area (Å²) in [5.41, 5.74) is 0.901. The number of hydrogen-bond acceptors (Lipinski definition) is 7. The number of nitrogens with one attached hydrogen (secondary N) is 1. The Bertz CT molecular complexity index is 1040. The second-order valence-electron chi connectivity index (χ2n) is 7.47. The van der Waals surface area contributed by atoms with Crippen LogP contribution in [0.4, 0.5) is 5.82 Å². The molecule has 0 spiro atoms. The van der Waals surface area contributed by atoms with Crippen molar-refractivity contribution in [3.8, 4) is 11.7 Å². The monoisotopic (exact) mass is 409 g/mol. The fourth-order valence-electron chi connectivity index (χ4n) is 2.51. The van der Waals surface area contributed by atoms with E-state index in [-0.39, 0.29) is 17.9 Å². The van der Waals surface area contributed by atoms with Gasteiger partial charge in [0.2, 0.25) is 0 Å². The molecule has 0 aliphatic carbocycles. The molecule has 0 aliphatic heterocycles. The van der Waals surface area contributed by atoms with E-state index in [1.54, 1.807) is 48.8 Å². The molecule has 0 radical (unpaired) electrons. The van der Waals surface area contributed by atoms with Crippen LogP contribution in [0.15, 0.2) is 48.8 Å². The molecule has 30 heavy (non-hydrogen) atoms. The minimum atomic E-state index is -0.508. The molecule has 1 aromatic carbocycles. The number of nitrogens with zero attached hydrogens (tertiary/aromatic N) is 4. The summed E-state index contributed by atoms with van der Waals surface area (Å²) in [5, 5.41) is 7.43. The van der Waals surface area contributed by atoms with Crippen LogP contribution in [0.5, 0.6) is 5.75 Å². The summed E-state index contributed by atoms with van der Waals surface area (Å²) in [6.07, 6.45) is 3.21. The maximum atomic E-state index is 12.9. The van der Waals surface area contributed by atoms with Gasteiger partial charge in [-0.15, -0.1) is 0 Å².